The average Bonchev–Trinajstić information content (AvgIpc) is 3.53. The highest BCUT2D eigenvalue weighted by atomic mass is 16.5. The van der Waals surface area contributed by atoms with Gasteiger partial charge < -0.3 is 15.0 Å². The van der Waals surface area contributed by atoms with Crippen molar-refractivity contribution >= 4 is 17.5 Å². The highest BCUT2D eigenvalue weighted by Crippen LogP contribution is 2.23. The number of benzene rings is 2. The van der Waals surface area contributed by atoms with Crippen LogP contribution in [0.1, 0.15) is 39.2 Å². The first-order valence-corrected chi connectivity index (χ1v) is 14.1. The summed E-state index contributed by atoms with van der Waals surface area (Å²) < 4.78 is 6.99. The molecule has 0 radical (unpaired) electrons. The topological polar surface area (TPSA) is 105 Å². The third-order valence-electron chi connectivity index (χ3n) is 7.69. The predicted molar refractivity (Wildman–Crippen MR) is 161 cm³/mol. The number of Topliss-reactive ketones (excluding diaryl/α,β-unsaturated/α-hetero) is 1. The number of aromatic nitrogens is 4. The average molecular weight is 568 g/mol. The number of amides is 1. The highest BCUT2D eigenvalue weighted by Gasteiger charge is 2.31. The molecule has 10 heteroatoms. The fourth-order valence-corrected chi connectivity index (χ4v) is 5.19. The summed E-state index contributed by atoms with van der Waals surface area (Å²) in [5, 5.41) is 3.09. The minimum Gasteiger partial charge on any atom is -0.497 e. The summed E-state index contributed by atoms with van der Waals surface area (Å²) in [6, 6.07) is 15.1. The molecule has 1 amide bonds. The molecule has 3 heterocycles. The van der Waals surface area contributed by atoms with Crippen LogP contribution in [0.3, 0.4) is 0 Å². The van der Waals surface area contributed by atoms with Crippen LogP contribution in [0.4, 0.5) is 5.82 Å². The van der Waals surface area contributed by atoms with Gasteiger partial charge in [0.15, 0.2) is 5.78 Å². The summed E-state index contributed by atoms with van der Waals surface area (Å²) in [7, 11) is 1.60. The van der Waals surface area contributed by atoms with Gasteiger partial charge >= 0.3 is 0 Å². The standard InChI is InChI=1S/C32H37N7O3/c1-22-5-6-25(15-23(22)2)18-34-31(41)17-27-19-37(20-29(40)26-7-9-28(42-4)10-8-26)13-14-39(27)30-16-24(3)35-32(36-30)38-12-11-33-21-38/h5-12,15-16,21,27H,13-14,17-20H2,1-4H3,(H,34,41). The molecule has 10 nitrogen and oxygen atoms in total. The van der Waals surface area contributed by atoms with E-state index in [-0.39, 0.29) is 30.7 Å². The Kier molecular flexibility index (Phi) is 8.92. The van der Waals surface area contributed by atoms with E-state index in [0.29, 0.717) is 43.4 Å². The molecule has 1 fully saturated rings. The zero-order chi connectivity index (χ0) is 29.6. The first kappa shape index (κ1) is 28.9. The van der Waals surface area contributed by atoms with E-state index in [2.05, 4.69) is 51.1 Å². The van der Waals surface area contributed by atoms with Crippen molar-refractivity contribution in [2.45, 2.75) is 39.8 Å². The van der Waals surface area contributed by atoms with Crippen molar-refractivity contribution in [3.63, 3.8) is 0 Å². The summed E-state index contributed by atoms with van der Waals surface area (Å²) in [4.78, 5) is 44.2. The number of ketones is 1. The molecule has 0 bridgehead atoms. The van der Waals surface area contributed by atoms with Crippen LogP contribution in [0.15, 0.2) is 67.3 Å². The normalized spacial score (nSPS) is 15.4. The Labute approximate surface area is 246 Å². The molecule has 2 aromatic carbocycles. The van der Waals surface area contributed by atoms with E-state index in [9.17, 15) is 9.59 Å². The molecule has 1 aliphatic heterocycles. The molecule has 5 rings (SSSR count). The van der Waals surface area contributed by atoms with E-state index in [1.165, 1.54) is 11.1 Å². The number of hydrogen-bond acceptors (Lipinski definition) is 8. The monoisotopic (exact) mass is 567 g/mol. The van der Waals surface area contributed by atoms with Gasteiger partial charge in [-0.1, -0.05) is 18.2 Å². The molecule has 1 saturated heterocycles. The SMILES string of the molecule is COc1ccc(C(=O)CN2CCN(c3cc(C)nc(-n4ccnc4)n3)C(CC(=O)NCc3ccc(C)c(C)c3)C2)cc1. The van der Waals surface area contributed by atoms with Crippen molar-refractivity contribution in [2.24, 2.45) is 0 Å². The number of ether oxygens (including phenoxy) is 1. The maximum atomic E-state index is 13.3. The van der Waals surface area contributed by atoms with E-state index in [1.54, 1.807) is 54.7 Å². The number of rotatable bonds is 10. The molecular weight excluding hydrogens is 530 g/mol. The second-order valence-corrected chi connectivity index (χ2v) is 10.8. The van der Waals surface area contributed by atoms with Gasteiger partial charge in [-0.05, 0) is 61.7 Å². The Balaban J connectivity index is 1.33. The quantitative estimate of drug-likeness (QED) is 0.290. The van der Waals surface area contributed by atoms with E-state index in [1.807, 2.05) is 19.1 Å². The van der Waals surface area contributed by atoms with Gasteiger partial charge in [-0.3, -0.25) is 19.1 Å². The van der Waals surface area contributed by atoms with Crippen LogP contribution < -0.4 is 15.0 Å². The first-order valence-electron chi connectivity index (χ1n) is 14.1. The lowest BCUT2D eigenvalue weighted by Gasteiger charge is -2.42. The second-order valence-electron chi connectivity index (χ2n) is 10.8. The minimum atomic E-state index is -0.188. The fourth-order valence-electron chi connectivity index (χ4n) is 5.19. The van der Waals surface area contributed by atoms with Crippen LogP contribution in [0.2, 0.25) is 0 Å². The van der Waals surface area contributed by atoms with E-state index >= 15 is 0 Å². The number of aryl methyl sites for hydroxylation is 3. The molecule has 1 unspecified atom stereocenters. The number of carbonyl (C=O) groups is 2. The molecular formula is C32H37N7O3. The fraction of sp³-hybridized carbons (Fsp3) is 0.344. The van der Waals surface area contributed by atoms with Crippen LogP contribution in [0, 0.1) is 20.8 Å². The summed E-state index contributed by atoms with van der Waals surface area (Å²) in [5.41, 5.74) is 4.94. The van der Waals surface area contributed by atoms with E-state index in [0.717, 1.165) is 17.1 Å². The molecule has 4 aromatic rings. The van der Waals surface area contributed by atoms with Crippen LogP contribution in [-0.2, 0) is 11.3 Å². The number of methoxy groups -OCH3 is 1. The van der Waals surface area contributed by atoms with Gasteiger partial charge in [-0.2, -0.15) is 4.98 Å². The van der Waals surface area contributed by atoms with Gasteiger partial charge in [0.25, 0.3) is 0 Å². The van der Waals surface area contributed by atoms with Gasteiger partial charge in [0.1, 0.15) is 17.9 Å². The summed E-state index contributed by atoms with van der Waals surface area (Å²) in [5.74, 6) is 1.97. The van der Waals surface area contributed by atoms with Crippen molar-refractivity contribution < 1.29 is 14.3 Å². The Morgan fingerprint density at radius 1 is 1.00 bits per heavy atom. The van der Waals surface area contributed by atoms with Gasteiger partial charge in [0.2, 0.25) is 11.9 Å². The molecule has 1 atom stereocenters. The molecule has 1 aliphatic rings. The lowest BCUT2D eigenvalue weighted by molar-refractivity contribution is -0.121. The van der Waals surface area contributed by atoms with Crippen LogP contribution >= 0.6 is 0 Å². The number of anilines is 1. The zero-order valence-corrected chi connectivity index (χ0v) is 24.6. The van der Waals surface area contributed by atoms with Crippen LogP contribution in [-0.4, -0.2) is 75.4 Å². The Bertz CT molecular complexity index is 1540. The van der Waals surface area contributed by atoms with E-state index < -0.39 is 0 Å². The number of nitrogens with one attached hydrogen (secondary N) is 1. The number of hydrogen-bond donors (Lipinski definition) is 1. The third-order valence-corrected chi connectivity index (χ3v) is 7.69. The Morgan fingerprint density at radius 2 is 1.81 bits per heavy atom. The Morgan fingerprint density at radius 3 is 2.52 bits per heavy atom. The molecule has 42 heavy (non-hydrogen) atoms. The van der Waals surface area contributed by atoms with Crippen molar-refractivity contribution in [2.75, 3.05) is 38.2 Å². The summed E-state index contributed by atoms with van der Waals surface area (Å²) >= 11 is 0. The van der Waals surface area contributed by atoms with Gasteiger partial charge in [-0.15, -0.1) is 0 Å². The molecule has 1 N–H and O–H groups in total. The smallest absolute Gasteiger partial charge is 0.237 e. The molecule has 0 aliphatic carbocycles. The molecule has 2 aromatic heterocycles. The summed E-state index contributed by atoms with van der Waals surface area (Å²) in [6.45, 7) is 8.63. The highest BCUT2D eigenvalue weighted by molar-refractivity contribution is 5.97. The zero-order valence-electron chi connectivity index (χ0n) is 24.6. The summed E-state index contributed by atoms with van der Waals surface area (Å²) in [6.07, 6.45) is 5.42. The second kappa shape index (κ2) is 12.9. The first-order chi connectivity index (χ1) is 20.3. The Hall–Kier alpha value is -4.57. The number of imidazole rings is 1. The third kappa shape index (κ3) is 7.01. The predicted octanol–water partition coefficient (Wildman–Crippen LogP) is 3.68. The van der Waals surface area contributed by atoms with Gasteiger partial charge in [0, 0.05) is 62.3 Å². The maximum absolute atomic E-state index is 13.3. The maximum Gasteiger partial charge on any atom is 0.237 e. The van der Waals surface area contributed by atoms with Gasteiger partial charge in [0.05, 0.1) is 19.7 Å². The van der Waals surface area contributed by atoms with Crippen LogP contribution in [0.5, 0.6) is 5.75 Å². The number of nitrogens with zero attached hydrogens (tertiary/aromatic N) is 6. The van der Waals surface area contributed by atoms with Crippen molar-refractivity contribution in [1.82, 2.24) is 29.7 Å². The molecule has 0 saturated carbocycles. The van der Waals surface area contributed by atoms with Crippen LogP contribution in [0.25, 0.3) is 5.95 Å². The molecule has 218 valence electrons. The number of piperazine rings is 1. The lowest BCUT2D eigenvalue weighted by atomic mass is 10.0. The largest absolute Gasteiger partial charge is 0.497 e. The van der Waals surface area contributed by atoms with Crippen molar-refractivity contribution in [3.8, 4) is 11.7 Å². The van der Waals surface area contributed by atoms with E-state index in [4.69, 9.17) is 9.72 Å². The minimum absolute atomic E-state index is 0.0318. The number of carbonyl (C=O) groups excluding carboxylic acids is 2. The van der Waals surface area contributed by atoms with Gasteiger partial charge in [-0.25, -0.2) is 9.97 Å². The molecule has 0 spiro atoms. The lowest BCUT2D eigenvalue weighted by Crippen LogP contribution is -2.55. The van der Waals surface area contributed by atoms with Crippen molar-refractivity contribution in [3.05, 3.63) is 95.2 Å². The van der Waals surface area contributed by atoms with Crippen molar-refractivity contribution in [1.29, 1.82) is 0 Å².